The molecule has 4 aromatic rings. The highest BCUT2D eigenvalue weighted by Gasteiger charge is 2.21. The van der Waals surface area contributed by atoms with Crippen molar-refractivity contribution >= 4 is 22.7 Å². The minimum Gasteiger partial charge on any atom is -0.265 e. The van der Waals surface area contributed by atoms with Crippen molar-refractivity contribution in [3.05, 3.63) is 109 Å². The van der Waals surface area contributed by atoms with E-state index in [0.29, 0.717) is 0 Å². The van der Waals surface area contributed by atoms with E-state index in [1.54, 1.807) is 0 Å². The third-order valence-corrected chi connectivity index (χ3v) is 4.57. The maximum absolute atomic E-state index is 4.20. The van der Waals surface area contributed by atoms with Crippen LogP contribution < -0.4 is 10.0 Å². The highest BCUT2D eigenvalue weighted by Crippen LogP contribution is 2.36. The molecule has 0 aliphatic carbocycles. The summed E-state index contributed by atoms with van der Waals surface area (Å²) in [5, 5.41) is 4.39. The van der Waals surface area contributed by atoms with Crippen molar-refractivity contribution < 1.29 is 0 Å². The number of aromatic nitrogens is 2. The molecule has 0 saturated carbocycles. The highest BCUT2D eigenvalue weighted by atomic mass is 15.6. The van der Waals surface area contributed by atoms with Crippen molar-refractivity contribution in [3.8, 4) is 0 Å². The summed E-state index contributed by atoms with van der Waals surface area (Å²) in [6, 6.07) is 25.1. The van der Waals surface area contributed by atoms with E-state index in [1.165, 1.54) is 11.1 Å². The lowest BCUT2D eigenvalue weighted by molar-refractivity contribution is 0.982. The van der Waals surface area contributed by atoms with Gasteiger partial charge in [-0.05, 0) is 62.4 Å². The van der Waals surface area contributed by atoms with E-state index in [1.807, 2.05) is 49.1 Å². The van der Waals surface area contributed by atoms with E-state index < -0.39 is 0 Å². The molecule has 2 aromatic carbocycles. The Bertz CT molecular complexity index is 927. The second-order valence-corrected chi connectivity index (χ2v) is 6.71. The van der Waals surface area contributed by atoms with Crippen LogP contribution >= 0.6 is 0 Å². The molecule has 4 heteroatoms. The highest BCUT2D eigenvalue weighted by molar-refractivity contribution is 5.77. The SMILES string of the molecule is Cc1ccc(N(c2ccncc2)N(c2ccncc2)c2ccc(C)cc2)cc1. The maximum Gasteiger partial charge on any atom is 0.0667 e. The maximum atomic E-state index is 4.20. The van der Waals surface area contributed by atoms with Gasteiger partial charge in [-0.3, -0.25) is 9.97 Å². The van der Waals surface area contributed by atoms with Crippen LogP contribution in [0.1, 0.15) is 11.1 Å². The van der Waals surface area contributed by atoms with Gasteiger partial charge in [0.05, 0.1) is 22.7 Å². The second kappa shape index (κ2) is 7.92. The van der Waals surface area contributed by atoms with Crippen molar-refractivity contribution in [2.75, 3.05) is 10.0 Å². The first-order valence-electron chi connectivity index (χ1n) is 9.26. The van der Waals surface area contributed by atoms with Crippen LogP contribution in [0.5, 0.6) is 0 Å². The summed E-state index contributed by atoms with van der Waals surface area (Å²) >= 11 is 0. The zero-order valence-electron chi connectivity index (χ0n) is 16.0. The van der Waals surface area contributed by atoms with Crippen molar-refractivity contribution in [1.29, 1.82) is 0 Å². The first kappa shape index (κ1) is 17.7. The smallest absolute Gasteiger partial charge is 0.0667 e. The Morgan fingerprint density at radius 1 is 0.429 bits per heavy atom. The Labute approximate surface area is 165 Å². The monoisotopic (exact) mass is 366 g/mol. The molecule has 0 saturated heterocycles. The number of aryl methyl sites for hydroxylation is 2. The van der Waals surface area contributed by atoms with Gasteiger partial charge in [0, 0.05) is 24.8 Å². The molecular weight excluding hydrogens is 344 g/mol. The van der Waals surface area contributed by atoms with Crippen LogP contribution in [0.15, 0.2) is 97.6 Å². The molecule has 0 aliphatic rings. The van der Waals surface area contributed by atoms with Gasteiger partial charge in [0.15, 0.2) is 0 Å². The molecule has 4 rings (SSSR count). The molecule has 0 N–H and O–H groups in total. The number of anilines is 4. The topological polar surface area (TPSA) is 32.3 Å². The molecule has 0 atom stereocenters. The average Bonchev–Trinajstić information content (AvgIpc) is 2.75. The number of pyridine rings is 2. The van der Waals surface area contributed by atoms with Gasteiger partial charge in [-0.25, -0.2) is 10.0 Å². The van der Waals surface area contributed by atoms with Gasteiger partial charge in [-0.2, -0.15) is 0 Å². The third kappa shape index (κ3) is 3.71. The van der Waals surface area contributed by atoms with Gasteiger partial charge in [-0.1, -0.05) is 35.4 Å². The molecule has 2 heterocycles. The van der Waals surface area contributed by atoms with E-state index in [4.69, 9.17) is 0 Å². The molecule has 0 fully saturated rings. The molecule has 28 heavy (non-hydrogen) atoms. The summed E-state index contributed by atoms with van der Waals surface area (Å²) in [5.41, 5.74) is 6.63. The van der Waals surface area contributed by atoms with Gasteiger partial charge in [0.2, 0.25) is 0 Å². The van der Waals surface area contributed by atoms with E-state index in [9.17, 15) is 0 Å². The van der Waals surface area contributed by atoms with Crippen LogP contribution in [-0.2, 0) is 0 Å². The molecule has 0 unspecified atom stereocenters. The zero-order valence-corrected chi connectivity index (χ0v) is 16.0. The Balaban J connectivity index is 1.93. The average molecular weight is 366 g/mol. The number of rotatable bonds is 5. The lowest BCUT2D eigenvalue weighted by Crippen LogP contribution is -2.35. The summed E-state index contributed by atoms with van der Waals surface area (Å²) in [6.45, 7) is 4.20. The quantitative estimate of drug-likeness (QED) is 0.406. The summed E-state index contributed by atoms with van der Waals surface area (Å²) in [5.74, 6) is 0. The first-order chi connectivity index (χ1) is 13.7. The number of benzene rings is 2. The van der Waals surface area contributed by atoms with Crippen molar-refractivity contribution in [3.63, 3.8) is 0 Å². The van der Waals surface area contributed by atoms with Crippen LogP contribution in [0.2, 0.25) is 0 Å². The molecule has 4 nitrogen and oxygen atoms in total. The van der Waals surface area contributed by atoms with E-state index in [0.717, 1.165) is 22.7 Å². The number of hydrogen-bond donors (Lipinski definition) is 0. The minimum atomic E-state index is 1.02. The molecule has 2 aromatic heterocycles. The molecule has 0 amide bonds. The Kier molecular flexibility index (Phi) is 5.02. The molecule has 0 spiro atoms. The molecule has 0 bridgehead atoms. The number of nitrogens with zero attached hydrogens (tertiary/aromatic N) is 4. The van der Waals surface area contributed by atoms with Crippen LogP contribution in [-0.4, -0.2) is 9.97 Å². The van der Waals surface area contributed by atoms with Crippen molar-refractivity contribution in [2.45, 2.75) is 13.8 Å². The van der Waals surface area contributed by atoms with Gasteiger partial charge >= 0.3 is 0 Å². The van der Waals surface area contributed by atoms with Crippen LogP contribution in [0.4, 0.5) is 22.7 Å². The minimum absolute atomic E-state index is 1.02. The van der Waals surface area contributed by atoms with Gasteiger partial charge in [0.1, 0.15) is 0 Å². The van der Waals surface area contributed by atoms with Gasteiger partial charge < -0.3 is 0 Å². The molecule has 0 aliphatic heterocycles. The fourth-order valence-electron chi connectivity index (χ4n) is 3.10. The predicted octanol–water partition coefficient (Wildman–Crippen LogP) is 5.98. The standard InChI is InChI=1S/C24H22N4/c1-19-3-7-21(8-4-19)27(23-11-15-25-16-12-23)28(24-13-17-26-18-14-24)22-9-5-20(2)6-10-22/h3-18H,1-2H3. The summed E-state index contributed by atoms with van der Waals surface area (Å²) in [7, 11) is 0. The van der Waals surface area contributed by atoms with Crippen LogP contribution in [0, 0.1) is 13.8 Å². The second-order valence-electron chi connectivity index (χ2n) is 6.71. The van der Waals surface area contributed by atoms with E-state index in [-0.39, 0.29) is 0 Å². The molecular formula is C24H22N4. The summed E-state index contributed by atoms with van der Waals surface area (Å²) in [4.78, 5) is 8.39. The van der Waals surface area contributed by atoms with E-state index in [2.05, 4.69) is 82.4 Å². The Hall–Kier alpha value is -3.66. The summed E-state index contributed by atoms with van der Waals surface area (Å²) < 4.78 is 0. The van der Waals surface area contributed by atoms with Crippen molar-refractivity contribution in [2.24, 2.45) is 0 Å². The third-order valence-electron chi connectivity index (χ3n) is 4.57. The van der Waals surface area contributed by atoms with Gasteiger partial charge in [0.25, 0.3) is 0 Å². The lowest BCUT2D eigenvalue weighted by Gasteiger charge is -2.38. The Morgan fingerprint density at radius 2 is 0.714 bits per heavy atom. The van der Waals surface area contributed by atoms with Crippen LogP contribution in [0.25, 0.3) is 0 Å². The predicted molar refractivity (Wildman–Crippen MR) is 115 cm³/mol. The van der Waals surface area contributed by atoms with Crippen molar-refractivity contribution in [1.82, 2.24) is 9.97 Å². The zero-order chi connectivity index (χ0) is 19.3. The lowest BCUT2D eigenvalue weighted by atomic mass is 10.2. The van der Waals surface area contributed by atoms with E-state index >= 15 is 0 Å². The number of hydrazine groups is 1. The normalized spacial score (nSPS) is 10.5. The largest absolute Gasteiger partial charge is 0.265 e. The summed E-state index contributed by atoms with van der Waals surface area (Å²) in [6.07, 6.45) is 7.26. The first-order valence-corrected chi connectivity index (χ1v) is 9.26. The number of hydrogen-bond acceptors (Lipinski definition) is 4. The molecule has 138 valence electrons. The fourth-order valence-corrected chi connectivity index (χ4v) is 3.10. The Morgan fingerprint density at radius 3 is 1.04 bits per heavy atom. The molecule has 0 radical (unpaired) electrons. The fraction of sp³-hybridized carbons (Fsp3) is 0.0833. The van der Waals surface area contributed by atoms with Crippen LogP contribution in [0.3, 0.4) is 0 Å². The van der Waals surface area contributed by atoms with Gasteiger partial charge in [-0.15, -0.1) is 0 Å².